The van der Waals surface area contributed by atoms with Crippen LogP contribution in [0.4, 0.5) is 11.5 Å². The van der Waals surface area contributed by atoms with Crippen LogP contribution in [0.3, 0.4) is 0 Å². The molecule has 0 amide bonds. The zero-order valence-corrected chi connectivity index (χ0v) is 13.0. The van der Waals surface area contributed by atoms with Crippen molar-refractivity contribution in [2.45, 2.75) is 6.92 Å². The van der Waals surface area contributed by atoms with E-state index in [-0.39, 0.29) is 0 Å². The van der Waals surface area contributed by atoms with Crippen LogP contribution < -0.4 is 20.5 Å². The molecule has 0 saturated heterocycles. The minimum atomic E-state index is 0.338. The van der Waals surface area contributed by atoms with Gasteiger partial charge in [0.25, 0.3) is 0 Å². The van der Waals surface area contributed by atoms with Crippen LogP contribution in [0.1, 0.15) is 11.3 Å². The first-order valence-corrected chi connectivity index (χ1v) is 6.72. The van der Waals surface area contributed by atoms with Gasteiger partial charge in [0.05, 0.1) is 19.9 Å². The number of aromatic nitrogens is 1. The highest BCUT2D eigenvalue weighted by molar-refractivity contribution is 7.80. The Morgan fingerprint density at radius 1 is 1.19 bits per heavy atom. The summed E-state index contributed by atoms with van der Waals surface area (Å²) in [5.74, 6) is 2.04. The van der Waals surface area contributed by atoms with Crippen molar-refractivity contribution in [3.05, 3.63) is 41.6 Å². The zero-order valence-electron chi connectivity index (χ0n) is 12.1. The van der Waals surface area contributed by atoms with Gasteiger partial charge in [0, 0.05) is 17.3 Å². The first-order valence-electron chi connectivity index (χ1n) is 6.31. The largest absolute Gasteiger partial charge is 0.497 e. The van der Waals surface area contributed by atoms with Gasteiger partial charge < -0.3 is 20.5 Å². The molecule has 2 rings (SSSR count). The zero-order chi connectivity index (χ0) is 15.4. The molecule has 0 radical (unpaired) electrons. The van der Waals surface area contributed by atoms with Gasteiger partial charge in [-0.25, -0.2) is 4.98 Å². The molecular formula is C15H17N3O2S. The summed E-state index contributed by atoms with van der Waals surface area (Å²) in [6.45, 7) is 1.89. The van der Waals surface area contributed by atoms with Gasteiger partial charge in [-0.05, 0) is 31.2 Å². The maximum atomic E-state index is 5.67. The van der Waals surface area contributed by atoms with Gasteiger partial charge in [0.15, 0.2) is 0 Å². The van der Waals surface area contributed by atoms with E-state index in [0.29, 0.717) is 16.6 Å². The van der Waals surface area contributed by atoms with Crippen molar-refractivity contribution in [3.63, 3.8) is 0 Å². The van der Waals surface area contributed by atoms with Crippen molar-refractivity contribution < 1.29 is 9.47 Å². The number of anilines is 2. The minimum absolute atomic E-state index is 0.338. The summed E-state index contributed by atoms with van der Waals surface area (Å²) in [7, 11) is 3.21. The van der Waals surface area contributed by atoms with Crippen molar-refractivity contribution in [3.8, 4) is 11.5 Å². The molecule has 1 aromatic carbocycles. The Labute approximate surface area is 129 Å². The molecule has 0 aliphatic heterocycles. The van der Waals surface area contributed by atoms with Crippen molar-refractivity contribution in [1.29, 1.82) is 0 Å². The highest BCUT2D eigenvalue weighted by Crippen LogP contribution is 2.31. The van der Waals surface area contributed by atoms with E-state index in [1.165, 1.54) is 0 Å². The van der Waals surface area contributed by atoms with Gasteiger partial charge in [-0.2, -0.15) is 0 Å². The molecule has 0 bridgehead atoms. The lowest BCUT2D eigenvalue weighted by Crippen LogP contribution is -2.11. The normalized spacial score (nSPS) is 10.0. The average molecular weight is 303 g/mol. The van der Waals surface area contributed by atoms with Gasteiger partial charge in [0.2, 0.25) is 0 Å². The molecule has 110 valence electrons. The number of nitrogens with zero attached hydrogens (tertiary/aromatic N) is 1. The molecule has 6 heteroatoms. The second kappa shape index (κ2) is 6.41. The van der Waals surface area contributed by atoms with Gasteiger partial charge in [-0.3, -0.25) is 0 Å². The first kappa shape index (κ1) is 15.1. The summed E-state index contributed by atoms with van der Waals surface area (Å²) in [6.07, 6.45) is 0. The number of thiocarbonyl (C=S) groups is 1. The molecule has 21 heavy (non-hydrogen) atoms. The Bertz CT molecular complexity index is 674. The highest BCUT2D eigenvalue weighted by atomic mass is 32.1. The predicted molar refractivity (Wildman–Crippen MR) is 87.7 cm³/mol. The lowest BCUT2D eigenvalue weighted by molar-refractivity contribution is 0.395. The monoisotopic (exact) mass is 303 g/mol. The summed E-state index contributed by atoms with van der Waals surface area (Å²) in [5.41, 5.74) is 8.06. The van der Waals surface area contributed by atoms with E-state index < -0.39 is 0 Å². The summed E-state index contributed by atoms with van der Waals surface area (Å²) in [6, 6.07) is 9.15. The Kier molecular flexibility index (Phi) is 4.59. The molecular weight excluding hydrogens is 286 g/mol. The molecule has 1 heterocycles. The fraction of sp³-hybridized carbons (Fsp3) is 0.200. The maximum Gasteiger partial charge on any atom is 0.146 e. The van der Waals surface area contributed by atoms with Crippen LogP contribution in [0.5, 0.6) is 11.5 Å². The van der Waals surface area contributed by atoms with Crippen LogP contribution in [0.25, 0.3) is 0 Å². The number of benzene rings is 1. The molecule has 0 saturated carbocycles. The van der Waals surface area contributed by atoms with Crippen LogP contribution in [0.15, 0.2) is 30.3 Å². The topological polar surface area (TPSA) is 69.4 Å². The Hall–Kier alpha value is -2.34. The Balaban J connectivity index is 2.35. The molecule has 0 unspecified atom stereocenters. The fourth-order valence-electron chi connectivity index (χ4n) is 1.91. The maximum absolute atomic E-state index is 5.67. The SMILES string of the molecule is COc1ccc(Nc2cc(C(N)=S)cc(C)n2)c(OC)c1. The van der Waals surface area contributed by atoms with Crippen LogP contribution in [-0.4, -0.2) is 24.2 Å². The summed E-state index contributed by atoms with van der Waals surface area (Å²) < 4.78 is 10.5. The lowest BCUT2D eigenvalue weighted by Gasteiger charge is -2.13. The third kappa shape index (κ3) is 3.61. The Morgan fingerprint density at radius 2 is 1.95 bits per heavy atom. The molecule has 5 nitrogen and oxygen atoms in total. The molecule has 1 aromatic heterocycles. The van der Waals surface area contributed by atoms with Gasteiger partial charge in [-0.15, -0.1) is 0 Å². The number of aryl methyl sites for hydroxylation is 1. The number of hydrogen-bond acceptors (Lipinski definition) is 5. The second-order valence-electron chi connectivity index (χ2n) is 4.44. The lowest BCUT2D eigenvalue weighted by atomic mass is 10.2. The van der Waals surface area contributed by atoms with E-state index >= 15 is 0 Å². The van der Waals surface area contributed by atoms with Crippen molar-refractivity contribution >= 4 is 28.7 Å². The summed E-state index contributed by atoms with van der Waals surface area (Å²) >= 11 is 5.01. The molecule has 2 aromatic rings. The first-order chi connectivity index (χ1) is 10.0. The molecule has 0 aliphatic carbocycles. The molecule has 0 atom stereocenters. The predicted octanol–water partition coefficient (Wildman–Crippen LogP) is 2.79. The smallest absolute Gasteiger partial charge is 0.146 e. The summed E-state index contributed by atoms with van der Waals surface area (Å²) in [4.78, 5) is 4.75. The number of ether oxygens (including phenoxy) is 2. The van der Waals surface area contributed by atoms with E-state index in [1.807, 2.05) is 25.1 Å². The average Bonchev–Trinajstić information content (AvgIpc) is 2.47. The number of methoxy groups -OCH3 is 2. The number of rotatable bonds is 5. The fourth-order valence-corrected chi connectivity index (χ4v) is 2.03. The molecule has 3 N–H and O–H groups in total. The third-order valence-corrected chi connectivity index (χ3v) is 3.15. The van der Waals surface area contributed by atoms with Crippen LogP contribution in [-0.2, 0) is 0 Å². The van der Waals surface area contributed by atoms with Crippen molar-refractivity contribution in [2.24, 2.45) is 5.73 Å². The van der Waals surface area contributed by atoms with E-state index in [1.54, 1.807) is 26.4 Å². The summed E-state index contributed by atoms with van der Waals surface area (Å²) in [5, 5.41) is 3.20. The second-order valence-corrected chi connectivity index (χ2v) is 4.88. The standard InChI is InChI=1S/C15H17N3O2S/c1-9-6-10(15(16)21)7-14(17-9)18-12-5-4-11(19-2)8-13(12)20-3/h4-8H,1-3H3,(H2,16,21)(H,17,18). The minimum Gasteiger partial charge on any atom is -0.497 e. The van der Waals surface area contributed by atoms with Gasteiger partial charge in [0.1, 0.15) is 22.3 Å². The number of hydrogen-bond donors (Lipinski definition) is 2. The van der Waals surface area contributed by atoms with Crippen molar-refractivity contribution in [2.75, 3.05) is 19.5 Å². The van der Waals surface area contributed by atoms with E-state index in [9.17, 15) is 0 Å². The van der Waals surface area contributed by atoms with Gasteiger partial charge >= 0.3 is 0 Å². The third-order valence-electron chi connectivity index (χ3n) is 2.91. The van der Waals surface area contributed by atoms with E-state index in [4.69, 9.17) is 27.4 Å². The highest BCUT2D eigenvalue weighted by Gasteiger charge is 2.08. The Morgan fingerprint density at radius 3 is 2.57 bits per heavy atom. The molecule has 0 spiro atoms. The van der Waals surface area contributed by atoms with Crippen LogP contribution >= 0.6 is 12.2 Å². The quantitative estimate of drug-likeness (QED) is 0.828. The van der Waals surface area contributed by atoms with Crippen LogP contribution in [0.2, 0.25) is 0 Å². The van der Waals surface area contributed by atoms with Crippen LogP contribution in [0, 0.1) is 6.92 Å². The number of nitrogens with two attached hydrogens (primary N) is 1. The molecule has 0 fully saturated rings. The van der Waals surface area contributed by atoms with E-state index in [2.05, 4.69) is 10.3 Å². The molecule has 0 aliphatic rings. The van der Waals surface area contributed by atoms with Crippen molar-refractivity contribution in [1.82, 2.24) is 4.98 Å². The number of pyridine rings is 1. The van der Waals surface area contributed by atoms with E-state index in [0.717, 1.165) is 22.7 Å². The van der Waals surface area contributed by atoms with Gasteiger partial charge in [-0.1, -0.05) is 12.2 Å². The number of nitrogens with one attached hydrogen (secondary N) is 1.